The average Bonchev–Trinajstić information content (AvgIpc) is 3.27. The summed E-state index contributed by atoms with van der Waals surface area (Å²) in [6, 6.07) is 24.3. The van der Waals surface area contributed by atoms with E-state index in [0.29, 0.717) is 27.8 Å². The Labute approximate surface area is 206 Å². The molecule has 0 saturated carbocycles. The average molecular weight is 488 g/mol. The van der Waals surface area contributed by atoms with E-state index in [9.17, 15) is 9.90 Å². The SMILES string of the molecule is CN1C=C(CO)N(c2cnn(-c3ccc(Cl)cc3)c(=O)c2Oc2ccc(-c3ccccc3)cc2)N1. The van der Waals surface area contributed by atoms with Crippen LogP contribution in [0, 0.1) is 0 Å². The van der Waals surface area contributed by atoms with Crippen molar-refractivity contribution in [2.75, 3.05) is 18.7 Å². The fourth-order valence-electron chi connectivity index (χ4n) is 3.77. The van der Waals surface area contributed by atoms with Crippen LogP contribution in [-0.4, -0.2) is 33.6 Å². The van der Waals surface area contributed by atoms with Crippen molar-refractivity contribution >= 4 is 17.3 Å². The van der Waals surface area contributed by atoms with Crippen LogP contribution in [0.15, 0.2) is 102 Å². The van der Waals surface area contributed by atoms with E-state index in [1.54, 1.807) is 47.5 Å². The summed E-state index contributed by atoms with van der Waals surface area (Å²) in [5, 5.41) is 18.0. The molecule has 176 valence electrons. The maximum absolute atomic E-state index is 13.6. The van der Waals surface area contributed by atoms with E-state index < -0.39 is 5.56 Å². The number of ether oxygens (including phenoxy) is 1. The quantitative estimate of drug-likeness (QED) is 0.418. The lowest BCUT2D eigenvalue weighted by atomic mass is 10.1. The molecule has 8 nitrogen and oxygen atoms in total. The van der Waals surface area contributed by atoms with Gasteiger partial charge in [0.15, 0.2) is 0 Å². The van der Waals surface area contributed by atoms with Gasteiger partial charge < -0.3 is 9.84 Å². The van der Waals surface area contributed by atoms with Gasteiger partial charge in [-0.15, -0.1) is 5.53 Å². The molecule has 1 aromatic heterocycles. The molecule has 0 spiro atoms. The molecule has 0 radical (unpaired) electrons. The first-order valence-electron chi connectivity index (χ1n) is 10.9. The second-order valence-corrected chi connectivity index (χ2v) is 8.31. The highest BCUT2D eigenvalue weighted by atomic mass is 35.5. The number of nitrogens with zero attached hydrogens (tertiary/aromatic N) is 4. The molecule has 0 fully saturated rings. The van der Waals surface area contributed by atoms with Gasteiger partial charge in [-0.25, -0.2) is 0 Å². The molecule has 1 aliphatic rings. The highest BCUT2D eigenvalue weighted by Gasteiger charge is 2.26. The zero-order chi connectivity index (χ0) is 24.4. The van der Waals surface area contributed by atoms with Crippen molar-refractivity contribution < 1.29 is 9.84 Å². The lowest BCUT2D eigenvalue weighted by Gasteiger charge is -2.24. The number of rotatable bonds is 6. The Balaban J connectivity index is 1.56. The first-order chi connectivity index (χ1) is 17.0. The van der Waals surface area contributed by atoms with Gasteiger partial charge in [-0.3, -0.25) is 14.8 Å². The highest BCUT2D eigenvalue weighted by Crippen LogP contribution is 2.32. The summed E-state index contributed by atoms with van der Waals surface area (Å²) >= 11 is 6.01. The van der Waals surface area contributed by atoms with Crippen LogP contribution in [0.2, 0.25) is 5.02 Å². The lowest BCUT2D eigenvalue weighted by molar-refractivity contribution is 0.321. The predicted octanol–water partition coefficient (Wildman–Crippen LogP) is 4.35. The maximum Gasteiger partial charge on any atom is 0.316 e. The smallest absolute Gasteiger partial charge is 0.316 e. The number of anilines is 1. The normalized spacial score (nSPS) is 13.2. The molecule has 0 aliphatic carbocycles. The van der Waals surface area contributed by atoms with Crippen molar-refractivity contribution in [1.29, 1.82) is 0 Å². The van der Waals surface area contributed by atoms with E-state index in [1.807, 2.05) is 54.6 Å². The minimum Gasteiger partial charge on any atom is -0.449 e. The molecule has 0 unspecified atom stereocenters. The van der Waals surface area contributed by atoms with Crippen LogP contribution in [0.5, 0.6) is 11.5 Å². The van der Waals surface area contributed by atoms with E-state index in [2.05, 4.69) is 10.6 Å². The van der Waals surface area contributed by atoms with Gasteiger partial charge in [0.2, 0.25) is 5.75 Å². The van der Waals surface area contributed by atoms with Crippen LogP contribution in [0.4, 0.5) is 5.69 Å². The van der Waals surface area contributed by atoms with Crippen LogP contribution in [-0.2, 0) is 0 Å². The summed E-state index contributed by atoms with van der Waals surface area (Å²) in [6.45, 7) is -0.247. The zero-order valence-electron chi connectivity index (χ0n) is 18.8. The number of hydrazine groups is 2. The number of aliphatic hydroxyl groups excluding tert-OH is 1. The molecule has 2 heterocycles. The molecule has 0 saturated heterocycles. The molecular weight excluding hydrogens is 466 g/mol. The third kappa shape index (κ3) is 4.63. The molecule has 4 aromatic rings. The van der Waals surface area contributed by atoms with E-state index in [0.717, 1.165) is 11.1 Å². The Morgan fingerprint density at radius 1 is 0.971 bits per heavy atom. The molecule has 35 heavy (non-hydrogen) atoms. The van der Waals surface area contributed by atoms with Crippen molar-refractivity contribution in [3.05, 3.63) is 112 Å². The van der Waals surface area contributed by atoms with Crippen LogP contribution < -0.4 is 20.8 Å². The summed E-state index contributed by atoms with van der Waals surface area (Å²) in [5.74, 6) is 0.531. The summed E-state index contributed by atoms with van der Waals surface area (Å²) in [6.07, 6.45) is 3.22. The number of hydrogen-bond donors (Lipinski definition) is 2. The number of nitrogens with one attached hydrogen (secondary N) is 1. The minimum atomic E-state index is -0.467. The molecule has 1 aliphatic heterocycles. The largest absolute Gasteiger partial charge is 0.449 e. The molecule has 2 N–H and O–H groups in total. The van der Waals surface area contributed by atoms with Crippen molar-refractivity contribution in [3.8, 4) is 28.3 Å². The Bertz CT molecular complexity index is 1420. The third-order valence-corrected chi connectivity index (χ3v) is 5.71. The topological polar surface area (TPSA) is 82.9 Å². The Morgan fingerprint density at radius 2 is 1.66 bits per heavy atom. The van der Waals surface area contributed by atoms with E-state index in [-0.39, 0.29) is 12.4 Å². The van der Waals surface area contributed by atoms with Crippen LogP contribution in [0.1, 0.15) is 0 Å². The predicted molar refractivity (Wildman–Crippen MR) is 135 cm³/mol. The van der Waals surface area contributed by atoms with Gasteiger partial charge in [0.05, 0.1) is 24.2 Å². The van der Waals surface area contributed by atoms with Crippen molar-refractivity contribution in [2.24, 2.45) is 0 Å². The molecule has 0 amide bonds. The maximum atomic E-state index is 13.6. The Kier molecular flexibility index (Phi) is 6.24. The van der Waals surface area contributed by atoms with Gasteiger partial charge in [-0.05, 0) is 47.5 Å². The number of benzene rings is 3. The fraction of sp³-hybridized carbons (Fsp3) is 0.0769. The van der Waals surface area contributed by atoms with Crippen molar-refractivity contribution in [2.45, 2.75) is 0 Å². The second kappa shape index (κ2) is 9.63. The highest BCUT2D eigenvalue weighted by molar-refractivity contribution is 6.30. The van der Waals surface area contributed by atoms with Gasteiger partial charge in [-0.1, -0.05) is 54.1 Å². The number of aromatic nitrogens is 2. The van der Waals surface area contributed by atoms with Gasteiger partial charge in [0.25, 0.3) is 0 Å². The summed E-state index contributed by atoms with van der Waals surface area (Å²) in [7, 11) is 1.78. The monoisotopic (exact) mass is 487 g/mol. The standard InChI is InChI=1S/C26H22ClN5O3/c1-30-16-22(17-33)31(29-30)24-15-28-32(21-11-9-20(27)10-12-21)26(34)25(24)35-23-13-7-19(8-14-23)18-5-3-2-4-6-18/h2-16,29,33H,17H2,1H3. The van der Waals surface area contributed by atoms with E-state index >= 15 is 0 Å². The Morgan fingerprint density at radius 3 is 2.34 bits per heavy atom. The molecule has 0 atom stereocenters. The van der Waals surface area contributed by atoms with E-state index in [1.165, 1.54) is 10.9 Å². The molecule has 0 bridgehead atoms. The third-order valence-electron chi connectivity index (χ3n) is 5.46. The summed E-state index contributed by atoms with van der Waals surface area (Å²) < 4.78 is 7.39. The van der Waals surface area contributed by atoms with Gasteiger partial charge >= 0.3 is 5.56 Å². The number of hydrogen-bond acceptors (Lipinski definition) is 7. The summed E-state index contributed by atoms with van der Waals surface area (Å²) in [5.41, 5.74) is 6.12. The van der Waals surface area contributed by atoms with E-state index in [4.69, 9.17) is 16.3 Å². The zero-order valence-corrected chi connectivity index (χ0v) is 19.6. The van der Waals surface area contributed by atoms with Gasteiger partial charge in [-0.2, -0.15) is 9.78 Å². The number of halogens is 1. The first-order valence-corrected chi connectivity index (χ1v) is 11.2. The molecule has 5 rings (SSSR count). The molecular formula is C26H22ClN5O3. The van der Waals surface area contributed by atoms with Crippen molar-refractivity contribution in [3.63, 3.8) is 0 Å². The second-order valence-electron chi connectivity index (χ2n) is 7.87. The Hall–Kier alpha value is -4.11. The first kappa shape index (κ1) is 22.7. The van der Waals surface area contributed by atoms with Crippen LogP contribution in [0.25, 0.3) is 16.8 Å². The van der Waals surface area contributed by atoms with Gasteiger partial charge in [0, 0.05) is 18.3 Å². The van der Waals surface area contributed by atoms with Gasteiger partial charge in [0.1, 0.15) is 11.4 Å². The van der Waals surface area contributed by atoms with Crippen molar-refractivity contribution in [1.82, 2.24) is 20.3 Å². The lowest BCUT2D eigenvalue weighted by Crippen LogP contribution is -2.40. The van der Waals surface area contributed by atoms with Crippen LogP contribution >= 0.6 is 11.6 Å². The fourth-order valence-corrected chi connectivity index (χ4v) is 3.89. The molecule has 9 heteroatoms. The summed E-state index contributed by atoms with van der Waals surface area (Å²) in [4.78, 5) is 13.6. The van der Waals surface area contributed by atoms with Crippen LogP contribution in [0.3, 0.4) is 0 Å². The number of aliphatic hydroxyl groups is 1. The molecule has 3 aromatic carbocycles. The minimum absolute atomic E-state index is 0.0459.